The van der Waals surface area contributed by atoms with Crippen LogP contribution in [0.5, 0.6) is 11.5 Å². The molecule has 0 spiro atoms. The highest BCUT2D eigenvalue weighted by Crippen LogP contribution is 2.43. The smallest absolute Gasteiger partial charge is 0.348 e. The number of aromatic hydroxyl groups is 2. The number of cyclic esters (lactones) is 1. The van der Waals surface area contributed by atoms with Gasteiger partial charge in [0.15, 0.2) is 11.4 Å². The van der Waals surface area contributed by atoms with E-state index < -0.39 is 17.3 Å². The zero-order chi connectivity index (χ0) is 44.1. The number of aryl methyl sites for hydroxylation is 1. The first-order chi connectivity index (χ1) is 30.3. The van der Waals surface area contributed by atoms with Gasteiger partial charge >= 0.3 is 11.7 Å². The van der Waals surface area contributed by atoms with E-state index in [2.05, 4.69) is 27.8 Å². The van der Waals surface area contributed by atoms with E-state index in [1.165, 1.54) is 10.6 Å². The van der Waals surface area contributed by atoms with E-state index in [1.807, 2.05) is 61.3 Å². The molecule has 7 aromatic rings. The van der Waals surface area contributed by atoms with Gasteiger partial charge in [-0.3, -0.25) is 9.59 Å². The molecule has 1 fully saturated rings. The third-order valence-electron chi connectivity index (χ3n) is 13.6. The molecule has 3 atom stereocenters. The minimum atomic E-state index is -1.90. The summed E-state index contributed by atoms with van der Waals surface area (Å²) in [7, 11) is 0. The molecule has 4 aromatic heterocycles. The Labute approximate surface area is 360 Å². The molecule has 1 amide bonds. The van der Waals surface area contributed by atoms with Crippen molar-refractivity contribution >= 4 is 34.2 Å². The van der Waals surface area contributed by atoms with Crippen LogP contribution in [0.3, 0.4) is 0 Å². The first-order valence-corrected chi connectivity index (χ1v) is 21.5. The van der Waals surface area contributed by atoms with Crippen LogP contribution in [-0.2, 0) is 46.0 Å². The molecule has 15 nitrogen and oxygen atoms in total. The van der Waals surface area contributed by atoms with Crippen LogP contribution in [0.2, 0.25) is 0 Å². The number of hydrogen-bond donors (Lipinski definition) is 4. The number of H-pyrrole nitrogens is 1. The number of fused-ring (bicyclic) bond motifs is 6. The molecule has 7 heterocycles. The number of likely N-dealkylation sites (tertiary alicyclic amines) is 1. The van der Waals surface area contributed by atoms with Crippen molar-refractivity contribution in [3.63, 3.8) is 0 Å². The lowest BCUT2D eigenvalue weighted by molar-refractivity contribution is -0.172. The van der Waals surface area contributed by atoms with Gasteiger partial charge in [-0.1, -0.05) is 33.8 Å². The topological polar surface area (TPSA) is 198 Å². The van der Waals surface area contributed by atoms with Crippen LogP contribution in [0.4, 0.5) is 0 Å². The fraction of sp³-hybridized carbons (Fsp3) is 0.333. The summed E-state index contributed by atoms with van der Waals surface area (Å²) in [4.78, 5) is 59.2. The number of piperidine rings is 1. The number of ether oxygens (including phenoxy) is 1. The Bertz CT molecular complexity index is 3180. The molecule has 1 saturated heterocycles. The maximum Gasteiger partial charge on any atom is 0.348 e. The van der Waals surface area contributed by atoms with E-state index in [9.17, 15) is 34.5 Å². The number of esters is 1. The van der Waals surface area contributed by atoms with Gasteiger partial charge in [0.1, 0.15) is 18.1 Å². The number of carbonyl (C=O) groups excluding carboxylic acids is 2. The number of nitrogens with zero attached hydrogens (tertiary/aromatic N) is 6. The molecule has 322 valence electrons. The molecule has 4 N–H and O–H groups in total. The normalized spacial score (nSPS) is 19.4. The number of benzene rings is 3. The SMILES string of the molecule is CCc1c2c(nc3ccc(C4CC(Cn5ccc6cc(-n7c(-c8cc(C(C)C)c(O)cc8O)n[nH]c7=O)ccc65)CCN4C=O)cc13)-c1cc3c(c(=O)n1C2)COC(=O)C3(O)CC. The highest BCUT2D eigenvalue weighted by Gasteiger charge is 2.45. The van der Waals surface area contributed by atoms with Crippen LogP contribution in [0.1, 0.15) is 92.3 Å². The summed E-state index contributed by atoms with van der Waals surface area (Å²) in [5, 5.41) is 41.2. The highest BCUT2D eigenvalue weighted by molar-refractivity contribution is 5.90. The van der Waals surface area contributed by atoms with Crippen molar-refractivity contribution < 1.29 is 29.6 Å². The maximum atomic E-state index is 13.9. The number of phenolic OH excluding ortho intramolecular Hbond substituents is 2. The summed E-state index contributed by atoms with van der Waals surface area (Å²) >= 11 is 0. The van der Waals surface area contributed by atoms with Gasteiger partial charge in [0.25, 0.3) is 5.56 Å². The summed E-state index contributed by atoms with van der Waals surface area (Å²) in [6, 6.07) is 18.4. The van der Waals surface area contributed by atoms with E-state index in [0.29, 0.717) is 54.3 Å². The largest absolute Gasteiger partial charge is 0.508 e. The number of pyridine rings is 2. The number of amides is 1. The van der Waals surface area contributed by atoms with E-state index in [4.69, 9.17) is 9.72 Å². The van der Waals surface area contributed by atoms with Crippen molar-refractivity contribution in [2.24, 2.45) is 5.92 Å². The number of aromatic nitrogens is 6. The zero-order valence-electron chi connectivity index (χ0n) is 35.4. The van der Waals surface area contributed by atoms with Gasteiger partial charge in [-0.15, -0.1) is 0 Å². The van der Waals surface area contributed by atoms with E-state index in [-0.39, 0.29) is 64.9 Å². The molecule has 3 aliphatic heterocycles. The molecule has 10 rings (SSSR count). The Balaban J connectivity index is 0.940. The Morgan fingerprint density at radius 1 is 1.00 bits per heavy atom. The molecule has 15 heteroatoms. The summed E-state index contributed by atoms with van der Waals surface area (Å²) < 4.78 is 10.5. The molecule has 3 aliphatic rings. The fourth-order valence-electron chi connectivity index (χ4n) is 10.2. The predicted molar refractivity (Wildman–Crippen MR) is 235 cm³/mol. The van der Waals surface area contributed by atoms with Crippen LogP contribution < -0.4 is 11.2 Å². The molecule has 0 radical (unpaired) electrons. The fourth-order valence-corrected chi connectivity index (χ4v) is 10.2. The van der Waals surface area contributed by atoms with Gasteiger partial charge < -0.3 is 34.1 Å². The number of phenols is 2. The van der Waals surface area contributed by atoms with Gasteiger partial charge in [0.05, 0.1) is 46.3 Å². The first kappa shape index (κ1) is 40.1. The number of aromatic amines is 1. The lowest BCUT2D eigenvalue weighted by atomic mass is 9.85. The number of carbonyl (C=O) groups is 2. The van der Waals surface area contributed by atoms with Crippen molar-refractivity contribution in [3.05, 3.63) is 121 Å². The van der Waals surface area contributed by atoms with Crippen LogP contribution in [-0.4, -0.2) is 68.0 Å². The number of hydrogen-bond acceptors (Lipinski definition) is 10. The molecule has 3 unspecified atom stereocenters. The van der Waals surface area contributed by atoms with Crippen LogP contribution in [0, 0.1) is 5.92 Å². The second-order valence-corrected chi connectivity index (χ2v) is 17.4. The Morgan fingerprint density at radius 3 is 2.59 bits per heavy atom. The molecule has 63 heavy (non-hydrogen) atoms. The molecule has 0 bridgehead atoms. The Morgan fingerprint density at radius 2 is 1.83 bits per heavy atom. The second kappa shape index (κ2) is 14.8. The van der Waals surface area contributed by atoms with Crippen molar-refractivity contribution in [2.75, 3.05) is 6.54 Å². The third-order valence-corrected chi connectivity index (χ3v) is 13.6. The van der Waals surface area contributed by atoms with Crippen molar-refractivity contribution in [1.29, 1.82) is 0 Å². The number of nitrogens with one attached hydrogen (secondary N) is 1. The maximum absolute atomic E-state index is 13.9. The van der Waals surface area contributed by atoms with Gasteiger partial charge in [-0.05, 0) is 103 Å². The van der Waals surface area contributed by atoms with Crippen LogP contribution >= 0.6 is 0 Å². The lowest BCUT2D eigenvalue weighted by Gasteiger charge is -2.38. The molecule has 3 aromatic carbocycles. The minimum absolute atomic E-state index is 0.0273. The van der Waals surface area contributed by atoms with Gasteiger partial charge in [0, 0.05) is 52.8 Å². The average Bonchev–Trinajstić information content (AvgIpc) is 3.98. The Kier molecular flexibility index (Phi) is 9.44. The summed E-state index contributed by atoms with van der Waals surface area (Å²) in [6.07, 6.45) is 5.27. The standard InChI is InChI=1S/C48H47N7O8/c1-5-30-32-17-27(7-9-37(32)49-43-34(30)22-54-40(43)19-36-35(45(54)59)23-63-46(60)48(36,62)6-2)39-15-26(11-13-53(39)24-56)21-52-14-12-28-16-29(8-10-38(28)52)55-44(50-51-47(55)61)33-18-31(25(3)4)41(57)20-42(33)58/h7-10,12,14,16-20,24-26,39,57-58,62H,5-6,11,13,15,21-23H2,1-4H3,(H,51,61). The number of rotatable bonds is 9. The molecular formula is C48H47N7O8. The van der Waals surface area contributed by atoms with E-state index >= 15 is 0 Å². The Hall–Kier alpha value is -7.00. The predicted octanol–water partition coefficient (Wildman–Crippen LogP) is 6.28. The minimum Gasteiger partial charge on any atom is -0.508 e. The monoisotopic (exact) mass is 849 g/mol. The quantitative estimate of drug-likeness (QED) is 0.0948. The van der Waals surface area contributed by atoms with E-state index in [1.54, 1.807) is 23.6 Å². The summed E-state index contributed by atoms with van der Waals surface area (Å²) in [5.41, 5.74) is 5.39. The molecular weight excluding hydrogens is 803 g/mol. The van der Waals surface area contributed by atoms with Gasteiger partial charge in [-0.2, -0.15) is 5.10 Å². The van der Waals surface area contributed by atoms with Crippen molar-refractivity contribution in [1.82, 2.24) is 33.8 Å². The number of aliphatic hydroxyl groups is 1. The molecule has 0 aliphatic carbocycles. The second-order valence-electron chi connectivity index (χ2n) is 17.4. The molecule has 0 saturated carbocycles. The first-order valence-electron chi connectivity index (χ1n) is 21.5. The zero-order valence-corrected chi connectivity index (χ0v) is 35.4. The average molecular weight is 850 g/mol. The van der Waals surface area contributed by atoms with Gasteiger partial charge in [-0.25, -0.2) is 24.2 Å². The third kappa shape index (κ3) is 6.19. The lowest BCUT2D eigenvalue weighted by Crippen LogP contribution is -2.44. The van der Waals surface area contributed by atoms with Crippen LogP contribution in [0.15, 0.2) is 76.4 Å². The van der Waals surface area contributed by atoms with Gasteiger partial charge in [0.2, 0.25) is 6.41 Å². The summed E-state index contributed by atoms with van der Waals surface area (Å²) in [5.74, 6) is -0.539. The van der Waals surface area contributed by atoms with Crippen molar-refractivity contribution in [3.8, 4) is 40.0 Å². The van der Waals surface area contributed by atoms with Crippen LogP contribution in [0.25, 0.3) is 50.3 Å². The van der Waals surface area contributed by atoms with Crippen molar-refractivity contribution in [2.45, 2.75) is 90.6 Å². The highest BCUT2D eigenvalue weighted by atomic mass is 16.6. The van der Waals surface area contributed by atoms with E-state index in [0.717, 1.165) is 57.7 Å². The summed E-state index contributed by atoms with van der Waals surface area (Å²) in [6.45, 7) is 9.06.